The summed E-state index contributed by atoms with van der Waals surface area (Å²) in [6, 6.07) is 8.29. The number of nitriles is 1. The second-order valence-electron chi connectivity index (χ2n) is 4.80. The molecule has 0 atom stereocenters. The molecule has 7 heteroatoms. The summed E-state index contributed by atoms with van der Waals surface area (Å²) in [5.74, 6) is -0.779. The maximum Gasteiger partial charge on any atom is 0.340 e. The monoisotopic (exact) mass is 349 g/mol. The average Bonchev–Trinajstić information content (AvgIpc) is 2.59. The van der Waals surface area contributed by atoms with Crippen LogP contribution in [0.3, 0.4) is 0 Å². The number of carbonyl (C=O) groups excluding carboxylic acids is 2. The number of halogens is 1. The molecule has 0 aliphatic carbocycles. The highest BCUT2D eigenvalue weighted by Crippen LogP contribution is 2.17. The number of ether oxygens (including phenoxy) is 1. The first-order valence-corrected chi connectivity index (χ1v) is 8.14. The van der Waals surface area contributed by atoms with E-state index in [-0.39, 0.29) is 11.1 Å². The number of benzene rings is 1. The van der Waals surface area contributed by atoms with Gasteiger partial charge in [-0.15, -0.1) is 11.6 Å². The van der Waals surface area contributed by atoms with Gasteiger partial charge in [-0.05, 0) is 18.6 Å². The normalized spacial score (nSPS) is 10.6. The van der Waals surface area contributed by atoms with E-state index in [0.717, 1.165) is 12.8 Å². The number of para-hydroxylation sites is 1. The SMILES string of the molecule is CCCCOC(=O)c1ccccc1NC(=O)/C(C#N)=C\NCCCl. The van der Waals surface area contributed by atoms with Gasteiger partial charge in [0.15, 0.2) is 0 Å². The van der Waals surface area contributed by atoms with Crippen molar-refractivity contribution in [2.45, 2.75) is 19.8 Å². The molecule has 2 N–H and O–H groups in total. The largest absolute Gasteiger partial charge is 0.462 e. The smallest absolute Gasteiger partial charge is 0.340 e. The number of carbonyl (C=O) groups is 2. The number of amides is 1. The highest BCUT2D eigenvalue weighted by atomic mass is 35.5. The molecule has 0 aliphatic heterocycles. The summed E-state index contributed by atoms with van der Waals surface area (Å²) in [4.78, 5) is 24.2. The summed E-state index contributed by atoms with van der Waals surface area (Å²) >= 11 is 5.52. The van der Waals surface area contributed by atoms with E-state index in [1.165, 1.54) is 6.20 Å². The van der Waals surface area contributed by atoms with Crippen LogP contribution in [0, 0.1) is 11.3 Å². The number of hydrogen-bond acceptors (Lipinski definition) is 5. The standard InChI is InChI=1S/C17H20ClN3O3/c1-2-3-10-24-17(23)14-6-4-5-7-15(14)21-16(22)13(11-19)12-20-9-8-18/h4-7,12,20H,2-3,8-10H2,1H3,(H,21,22)/b13-12-. The van der Waals surface area contributed by atoms with Crippen LogP contribution in [0.5, 0.6) is 0 Å². The van der Waals surface area contributed by atoms with E-state index >= 15 is 0 Å². The Kier molecular flexibility index (Phi) is 9.02. The van der Waals surface area contributed by atoms with Crippen molar-refractivity contribution in [3.05, 3.63) is 41.6 Å². The van der Waals surface area contributed by atoms with E-state index in [1.807, 2.05) is 6.92 Å². The highest BCUT2D eigenvalue weighted by Gasteiger charge is 2.16. The van der Waals surface area contributed by atoms with Gasteiger partial charge in [0, 0.05) is 18.6 Å². The van der Waals surface area contributed by atoms with Crippen molar-refractivity contribution in [2.24, 2.45) is 0 Å². The van der Waals surface area contributed by atoms with Gasteiger partial charge in [0.1, 0.15) is 11.6 Å². The van der Waals surface area contributed by atoms with Gasteiger partial charge < -0.3 is 15.4 Å². The van der Waals surface area contributed by atoms with E-state index in [0.29, 0.717) is 24.7 Å². The molecule has 0 unspecified atom stereocenters. The molecular formula is C17H20ClN3O3. The molecule has 0 spiro atoms. The average molecular weight is 350 g/mol. The third-order valence-corrected chi connectivity index (χ3v) is 3.17. The molecule has 0 radical (unpaired) electrons. The van der Waals surface area contributed by atoms with Crippen molar-refractivity contribution in [1.29, 1.82) is 5.26 Å². The van der Waals surface area contributed by atoms with Crippen molar-refractivity contribution in [2.75, 3.05) is 24.3 Å². The van der Waals surface area contributed by atoms with Gasteiger partial charge in [-0.1, -0.05) is 25.5 Å². The predicted molar refractivity (Wildman–Crippen MR) is 92.7 cm³/mol. The molecule has 0 saturated carbocycles. The maximum atomic E-state index is 12.1. The lowest BCUT2D eigenvalue weighted by Crippen LogP contribution is -2.19. The fourth-order valence-corrected chi connectivity index (χ4v) is 1.83. The zero-order valence-electron chi connectivity index (χ0n) is 13.5. The second kappa shape index (κ2) is 11.1. The Bertz CT molecular complexity index is 638. The number of hydrogen-bond donors (Lipinski definition) is 2. The number of anilines is 1. The number of nitrogens with zero attached hydrogens (tertiary/aromatic N) is 1. The minimum Gasteiger partial charge on any atom is -0.462 e. The Morgan fingerprint density at radius 3 is 2.79 bits per heavy atom. The topological polar surface area (TPSA) is 91.2 Å². The number of esters is 1. The minimum absolute atomic E-state index is 0.116. The van der Waals surface area contributed by atoms with Crippen LogP contribution in [-0.4, -0.2) is 30.9 Å². The van der Waals surface area contributed by atoms with Crippen LogP contribution in [0.1, 0.15) is 30.1 Å². The van der Waals surface area contributed by atoms with E-state index in [4.69, 9.17) is 21.6 Å². The number of unbranched alkanes of at least 4 members (excludes halogenated alkanes) is 1. The van der Waals surface area contributed by atoms with Gasteiger partial charge in [0.05, 0.1) is 17.9 Å². The molecule has 128 valence electrons. The molecule has 0 heterocycles. The molecule has 24 heavy (non-hydrogen) atoms. The third kappa shape index (κ3) is 6.31. The van der Waals surface area contributed by atoms with Gasteiger partial charge in [-0.25, -0.2) is 4.79 Å². The predicted octanol–water partition coefficient (Wildman–Crippen LogP) is 2.82. The van der Waals surface area contributed by atoms with Crippen LogP contribution in [0.25, 0.3) is 0 Å². The highest BCUT2D eigenvalue weighted by molar-refractivity contribution is 6.18. The fraction of sp³-hybridized carbons (Fsp3) is 0.353. The van der Waals surface area contributed by atoms with Crippen molar-refractivity contribution in [3.63, 3.8) is 0 Å². The van der Waals surface area contributed by atoms with E-state index in [1.54, 1.807) is 30.3 Å². The Labute approximate surface area is 146 Å². The Hall–Kier alpha value is -2.52. The summed E-state index contributed by atoms with van der Waals surface area (Å²) in [6.07, 6.45) is 2.98. The molecule has 0 fully saturated rings. The second-order valence-corrected chi connectivity index (χ2v) is 5.18. The Morgan fingerprint density at radius 1 is 1.38 bits per heavy atom. The molecule has 6 nitrogen and oxygen atoms in total. The summed E-state index contributed by atoms with van der Waals surface area (Å²) in [5, 5.41) is 14.4. The first kappa shape index (κ1) is 19.5. The van der Waals surface area contributed by atoms with Crippen molar-refractivity contribution < 1.29 is 14.3 Å². The van der Waals surface area contributed by atoms with Crippen molar-refractivity contribution in [1.82, 2.24) is 5.32 Å². The molecule has 0 saturated heterocycles. The molecular weight excluding hydrogens is 330 g/mol. The van der Waals surface area contributed by atoms with Crippen LogP contribution in [0.4, 0.5) is 5.69 Å². The van der Waals surface area contributed by atoms with Crippen molar-refractivity contribution >= 4 is 29.2 Å². The van der Waals surface area contributed by atoms with E-state index < -0.39 is 11.9 Å². The molecule has 0 bridgehead atoms. The van der Waals surface area contributed by atoms with Crippen LogP contribution in [-0.2, 0) is 9.53 Å². The third-order valence-electron chi connectivity index (χ3n) is 2.98. The Balaban J connectivity index is 2.83. The molecule has 1 amide bonds. The fourth-order valence-electron chi connectivity index (χ4n) is 1.72. The number of nitrogens with one attached hydrogen (secondary N) is 2. The van der Waals surface area contributed by atoms with Crippen molar-refractivity contribution in [3.8, 4) is 6.07 Å². The van der Waals surface area contributed by atoms with E-state index in [9.17, 15) is 9.59 Å². The lowest BCUT2D eigenvalue weighted by Gasteiger charge is -2.10. The lowest BCUT2D eigenvalue weighted by molar-refractivity contribution is -0.112. The maximum absolute atomic E-state index is 12.1. The van der Waals surface area contributed by atoms with Crippen LogP contribution in [0.2, 0.25) is 0 Å². The molecule has 1 aromatic carbocycles. The van der Waals surface area contributed by atoms with Crippen LogP contribution < -0.4 is 10.6 Å². The first-order valence-electron chi connectivity index (χ1n) is 7.61. The quantitative estimate of drug-likeness (QED) is 0.235. The summed E-state index contributed by atoms with van der Waals surface area (Å²) in [6.45, 7) is 2.75. The Morgan fingerprint density at radius 2 is 2.12 bits per heavy atom. The van der Waals surface area contributed by atoms with Crippen LogP contribution in [0.15, 0.2) is 36.0 Å². The van der Waals surface area contributed by atoms with Gasteiger partial charge in [0.2, 0.25) is 0 Å². The first-order chi connectivity index (χ1) is 11.6. The zero-order chi connectivity index (χ0) is 17.8. The molecule has 1 rings (SSSR count). The number of alkyl halides is 1. The summed E-state index contributed by atoms with van der Waals surface area (Å²) in [5.41, 5.74) is 0.421. The lowest BCUT2D eigenvalue weighted by atomic mass is 10.1. The van der Waals surface area contributed by atoms with Crippen LogP contribution >= 0.6 is 11.6 Å². The van der Waals surface area contributed by atoms with Gasteiger partial charge in [0.25, 0.3) is 5.91 Å². The molecule has 0 aromatic heterocycles. The zero-order valence-corrected chi connectivity index (χ0v) is 14.2. The molecule has 1 aromatic rings. The summed E-state index contributed by atoms with van der Waals surface area (Å²) < 4.78 is 5.16. The van der Waals surface area contributed by atoms with Gasteiger partial charge >= 0.3 is 5.97 Å². The minimum atomic E-state index is -0.617. The summed E-state index contributed by atoms with van der Waals surface area (Å²) in [7, 11) is 0. The van der Waals surface area contributed by atoms with Gasteiger partial charge in [-0.3, -0.25) is 4.79 Å². The molecule has 0 aliphatic rings. The van der Waals surface area contributed by atoms with Gasteiger partial charge in [-0.2, -0.15) is 5.26 Å². The van der Waals surface area contributed by atoms with E-state index in [2.05, 4.69) is 10.6 Å². The number of rotatable bonds is 9.